The SMILES string of the molecule is CCc1ccsc1CN1CCC(NC)C1. The highest BCUT2D eigenvalue weighted by molar-refractivity contribution is 7.10. The first-order valence-corrected chi connectivity index (χ1v) is 6.66. The lowest BCUT2D eigenvalue weighted by Gasteiger charge is -2.15. The van der Waals surface area contributed by atoms with Crippen molar-refractivity contribution in [2.75, 3.05) is 20.1 Å². The molecular weight excluding hydrogens is 204 g/mol. The molecule has 1 unspecified atom stereocenters. The van der Waals surface area contributed by atoms with Crippen molar-refractivity contribution in [2.24, 2.45) is 0 Å². The average Bonchev–Trinajstić information content (AvgIpc) is 2.87. The summed E-state index contributed by atoms with van der Waals surface area (Å²) in [5, 5.41) is 5.59. The van der Waals surface area contributed by atoms with E-state index < -0.39 is 0 Å². The van der Waals surface area contributed by atoms with Crippen LogP contribution in [0.15, 0.2) is 11.4 Å². The molecule has 0 bridgehead atoms. The Balaban J connectivity index is 1.92. The van der Waals surface area contributed by atoms with E-state index in [1.807, 2.05) is 11.3 Å². The van der Waals surface area contributed by atoms with Crippen LogP contribution in [0, 0.1) is 0 Å². The second-order valence-electron chi connectivity index (χ2n) is 4.23. The lowest BCUT2D eigenvalue weighted by molar-refractivity contribution is 0.324. The van der Waals surface area contributed by atoms with Crippen LogP contribution < -0.4 is 5.32 Å². The topological polar surface area (TPSA) is 15.3 Å². The van der Waals surface area contributed by atoms with Gasteiger partial charge in [0.15, 0.2) is 0 Å². The molecule has 1 aromatic heterocycles. The number of rotatable bonds is 4. The van der Waals surface area contributed by atoms with E-state index in [9.17, 15) is 0 Å². The van der Waals surface area contributed by atoms with E-state index in [-0.39, 0.29) is 0 Å². The highest BCUT2D eigenvalue weighted by Crippen LogP contribution is 2.21. The van der Waals surface area contributed by atoms with Crippen LogP contribution in [-0.2, 0) is 13.0 Å². The van der Waals surface area contributed by atoms with Gasteiger partial charge in [-0.15, -0.1) is 11.3 Å². The smallest absolute Gasteiger partial charge is 0.0331 e. The monoisotopic (exact) mass is 224 g/mol. The standard InChI is InChI=1S/C12H20N2S/c1-3-10-5-7-15-12(10)9-14-6-4-11(8-14)13-2/h5,7,11,13H,3-4,6,8-9H2,1-2H3. The fourth-order valence-electron chi connectivity index (χ4n) is 2.24. The van der Waals surface area contributed by atoms with Gasteiger partial charge in [0, 0.05) is 30.6 Å². The number of likely N-dealkylation sites (tertiary alicyclic amines) is 1. The molecule has 84 valence electrons. The van der Waals surface area contributed by atoms with Crippen LogP contribution in [0.2, 0.25) is 0 Å². The summed E-state index contributed by atoms with van der Waals surface area (Å²) in [5.41, 5.74) is 1.54. The summed E-state index contributed by atoms with van der Waals surface area (Å²) in [6.07, 6.45) is 2.46. The van der Waals surface area contributed by atoms with Gasteiger partial charge in [0.05, 0.1) is 0 Å². The van der Waals surface area contributed by atoms with E-state index in [2.05, 4.69) is 35.6 Å². The Morgan fingerprint density at radius 3 is 3.13 bits per heavy atom. The Morgan fingerprint density at radius 2 is 2.47 bits per heavy atom. The van der Waals surface area contributed by atoms with Gasteiger partial charge in [-0.05, 0) is 36.9 Å². The summed E-state index contributed by atoms with van der Waals surface area (Å²) >= 11 is 1.91. The molecule has 1 saturated heterocycles. The molecular formula is C12H20N2S. The fourth-order valence-corrected chi connectivity index (χ4v) is 3.25. The maximum atomic E-state index is 3.36. The quantitative estimate of drug-likeness (QED) is 0.842. The number of hydrogen-bond donors (Lipinski definition) is 1. The Morgan fingerprint density at radius 1 is 1.60 bits per heavy atom. The van der Waals surface area contributed by atoms with E-state index in [4.69, 9.17) is 0 Å². The molecule has 1 N–H and O–H groups in total. The zero-order chi connectivity index (χ0) is 10.7. The number of nitrogens with zero attached hydrogens (tertiary/aromatic N) is 1. The molecule has 2 rings (SSSR count). The van der Waals surface area contributed by atoms with E-state index in [1.54, 1.807) is 4.88 Å². The summed E-state index contributed by atoms with van der Waals surface area (Å²) in [7, 11) is 2.07. The predicted octanol–water partition coefficient (Wildman–Crippen LogP) is 2.10. The summed E-state index contributed by atoms with van der Waals surface area (Å²) in [6.45, 7) is 5.84. The molecule has 0 saturated carbocycles. The maximum Gasteiger partial charge on any atom is 0.0331 e. The summed E-state index contributed by atoms with van der Waals surface area (Å²) < 4.78 is 0. The summed E-state index contributed by atoms with van der Waals surface area (Å²) in [5.74, 6) is 0. The van der Waals surface area contributed by atoms with Gasteiger partial charge in [0.25, 0.3) is 0 Å². The molecule has 2 heterocycles. The molecule has 1 fully saturated rings. The van der Waals surface area contributed by atoms with Crippen molar-refractivity contribution in [2.45, 2.75) is 32.4 Å². The molecule has 1 atom stereocenters. The molecule has 0 spiro atoms. The van der Waals surface area contributed by atoms with Gasteiger partial charge in [-0.3, -0.25) is 4.90 Å². The zero-order valence-corrected chi connectivity index (χ0v) is 10.4. The molecule has 3 heteroatoms. The van der Waals surface area contributed by atoms with Gasteiger partial charge in [-0.1, -0.05) is 6.92 Å². The van der Waals surface area contributed by atoms with Crippen LogP contribution in [0.1, 0.15) is 23.8 Å². The van der Waals surface area contributed by atoms with E-state index in [0.717, 1.165) is 6.54 Å². The first-order chi connectivity index (χ1) is 7.33. The minimum atomic E-state index is 0.704. The van der Waals surface area contributed by atoms with Crippen molar-refractivity contribution in [3.63, 3.8) is 0 Å². The number of likely N-dealkylation sites (N-methyl/N-ethyl adjacent to an activating group) is 1. The van der Waals surface area contributed by atoms with E-state index in [1.165, 1.54) is 31.5 Å². The minimum Gasteiger partial charge on any atom is -0.316 e. The van der Waals surface area contributed by atoms with Crippen molar-refractivity contribution in [3.8, 4) is 0 Å². The van der Waals surface area contributed by atoms with E-state index in [0.29, 0.717) is 6.04 Å². The van der Waals surface area contributed by atoms with Crippen LogP contribution in [0.4, 0.5) is 0 Å². The summed E-state index contributed by atoms with van der Waals surface area (Å²) in [6, 6.07) is 2.97. The maximum absolute atomic E-state index is 3.36. The number of hydrogen-bond acceptors (Lipinski definition) is 3. The number of aryl methyl sites for hydroxylation is 1. The third-order valence-electron chi connectivity index (χ3n) is 3.27. The molecule has 0 amide bonds. The largest absolute Gasteiger partial charge is 0.316 e. The molecule has 0 aromatic carbocycles. The lowest BCUT2D eigenvalue weighted by atomic mass is 10.2. The normalized spacial score (nSPS) is 22.4. The zero-order valence-electron chi connectivity index (χ0n) is 9.62. The van der Waals surface area contributed by atoms with E-state index >= 15 is 0 Å². The Labute approximate surface area is 96.3 Å². The molecule has 0 radical (unpaired) electrons. The Bertz CT molecular complexity index is 308. The van der Waals surface area contributed by atoms with Gasteiger partial charge in [0.2, 0.25) is 0 Å². The van der Waals surface area contributed by atoms with Gasteiger partial charge in [-0.25, -0.2) is 0 Å². The van der Waals surface area contributed by atoms with Gasteiger partial charge in [-0.2, -0.15) is 0 Å². The van der Waals surface area contributed by atoms with Crippen LogP contribution >= 0.6 is 11.3 Å². The first kappa shape index (κ1) is 11.1. The van der Waals surface area contributed by atoms with Crippen molar-refractivity contribution < 1.29 is 0 Å². The molecule has 0 aliphatic carbocycles. The third-order valence-corrected chi connectivity index (χ3v) is 4.21. The first-order valence-electron chi connectivity index (χ1n) is 5.78. The Kier molecular flexibility index (Phi) is 3.78. The van der Waals surface area contributed by atoms with Crippen LogP contribution in [0.3, 0.4) is 0 Å². The number of nitrogens with one attached hydrogen (secondary N) is 1. The van der Waals surface area contributed by atoms with Crippen molar-refractivity contribution in [3.05, 3.63) is 21.9 Å². The van der Waals surface area contributed by atoms with Crippen LogP contribution in [-0.4, -0.2) is 31.1 Å². The molecule has 2 nitrogen and oxygen atoms in total. The molecule has 1 aliphatic heterocycles. The highest BCUT2D eigenvalue weighted by Gasteiger charge is 2.21. The number of thiophene rings is 1. The van der Waals surface area contributed by atoms with Crippen LogP contribution in [0.5, 0.6) is 0 Å². The minimum absolute atomic E-state index is 0.704. The molecule has 15 heavy (non-hydrogen) atoms. The van der Waals surface area contributed by atoms with Crippen molar-refractivity contribution >= 4 is 11.3 Å². The lowest BCUT2D eigenvalue weighted by Crippen LogP contribution is -2.29. The van der Waals surface area contributed by atoms with Gasteiger partial charge in [0.1, 0.15) is 0 Å². The second-order valence-corrected chi connectivity index (χ2v) is 5.23. The molecule has 1 aromatic rings. The molecule has 1 aliphatic rings. The highest BCUT2D eigenvalue weighted by atomic mass is 32.1. The van der Waals surface area contributed by atoms with Gasteiger partial charge < -0.3 is 5.32 Å². The van der Waals surface area contributed by atoms with Gasteiger partial charge >= 0.3 is 0 Å². The predicted molar refractivity (Wildman–Crippen MR) is 66.4 cm³/mol. The Hall–Kier alpha value is -0.380. The average molecular weight is 224 g/mol. The van der Waals surface area contributed by atoms with Crippen LogP contribution in [0.25, 0.3) is 0 Å². The second kappa shape index (κ2) is 5.10. The summed E-state index contributed by atoms with van der Waals surface area (Å²) in [4.78, 5) is 4.13. The third kappa shape index (κ3) is 2.60. The van der Waals surface area contributed by atoms with Crippen molar-refractivity contribution in [1.82, 2.24) is 10.2 Å². The fraction of sp³-hybridized carbons (Fsp3) is 0.667. The van der Waals surface area contributed by atoms with Crippen molar-refractivity contribution in [1.29, 1.82) is 0 Å².